The lowest BCUT2D eigenvalue weighted by Crippen LogP contribution is -2.47. The molecule has 1 aliphatic carbocycles. The first-order valence-electron chi connectivity index (χ1n) is 5.67. The molecule has 0 aromatic heterocycles. The maximum atomic E-state index is 6.29. The Balaban J connectivity index is 2.58. The lowest BCUT2D eigenvalue weighted by Gasteiger charge is -2.39. The van der Waals surface area contributed by atoms with Gasteiger partial charge in [0.15, 0.2) is 8.32 Å². The molecule has 1 aliphatic rings. The largest absolute Gasteiger partial charge is 0.412 e. The molecule has 0 amide bonds. The summed E-state index contributed by atoms with van der Waals surface area (Å²) in [4.78, 5) is 0. The van der Waals surface area contributed by atoms with Crippen LogP contribution in [0.15, 0.2) is 0 Å². The first-order valence-corrected chi connectivity index (χ1v) is 8.58. The molecular formula is C11H25NOSi. The van der Waals surface area contributed by atoms with Crippen LogP contribution in [0.25, 0.3) is 0 Å². The standard InChI is InChI=1S/C11H25NOSi/c1-11(2,3)14(4,5)13-10-8-6-7-9(10)12/h9-10H,6-8,12H2,1-5H3. The molecule has 1 rings (SSSR count). The Morgan fingerprint density at radius 1 is 1.21 bits per heavy atom. The van der Waals surface area contributed by atoms with Gasteiger partial charge in [0.2, 0.25) is 0 Å². The highest BCUT2D eigenvalue weighted by molar-refractivity contribution is 6.74. The van der Waals surface area contributed by atoms with Crippen molar-refractivity contribution >= 4 is 8.32 Å². The molecule has 0 radical (unpaired) electrons. The van der Waals surface area contributed by atoms with Crippen LogP contribution in [-0.4, -0.2) is 20.5 Å². The van der Waals surface area contributed by atoms with Crippen molar-refractivity contribution in [3.8, 4) is 0 Å². The lowest BCUT2D eigenvalue weighted by atomic mass is 10.2. The van der Waals surface area contributed by atoms with Crippen molar-refractivity contribution in [2.45, 2.75) is 70.3 Å². The molecule has 3 heteroatoms. The summed E-state index contributed by atoms with van der Waals surface area (Å²) in [6, 6.07) is 0.282. The van der Waals surface area contributed by atoms with Gasteiger partial charge in [-0.3, -0.25) is 0 Å². The van der Waals surface area contributed by atoms with Crippen molar-refractivity contribution in [1.29, 1.82) is 0 Å². The van der Waals surface area contributed by atoms with E-state index in [-0.39, 0.29) is 6.04 Å². The maximum absolute atomic E-state index is 6.29. The zero-order valence-corrected chi connectivity index (χ0v) is 11.3. The molecule has 0 heterocycles. The predicted octanol–water partition coefficient (Wildman–Crippen LogP) is 2.89. The minimum absolute atomic E-state index is 0.282. The SMILES string of the molecule is CC(C)(C)[Si](C)(C)OC1CCCC1N. The van der Waals surface area contributed by atoms with E-state index in [9.17, 15) is 0 Å². The summed E-state index contributed by atoms with van der Waals surface area (Å²) in [5, 5.41) is 0.301. The minimum atomic E-state index is -1.59. The highest BCUT2D eigenvalue weighted by atomic mass is 28.4. The fourth-order valence-corrected chi connectivity index (χ4v) is 3.06. The Kier molecular flexibility index (Phi) is 3.44. The second kappa shape index (κ2) is 3.95. The van der Waals surface area contributed by atoms with E-state index in [1.165, 1.54) is 6.42 Å². The number of nitrogens with two attached hydrogens (primary N) is 1. The van der Waals surface area contributed by atoms with Gasteiger partial charge in [0.05, 0.1) is 6.10 Å². The second-order valence-corrected chi connectivity index (χ2v) is 10.8. The maximum Gasteiger partial charge on any atom is 0.192 e. The van der Waals surface area contributed by atoms with Crippen LogP contribution in [-0.2, 0) is 4.43 Å². The van der Waals surface area contributed by atoms with Crippen molar-refractivity contribution in [2.75, 3.05) is 0 Å². The van der Waals surface area contributed by atoms with E-state index in [1.807, 2.05) is 0 Å². The Bertz CT molecular complexity index is 198. The van der Waals surface area contributed by atoms with Crippen molar-refractivity contribution in [2.24, 2.45) is 5.73 Å². The monoisotopic (exact) mass is 215 g/mol. The molecule has 2 nitrogen and oxygen atoms in total. The first-order chi connectivity index (χ1) is 6.24. The second-order valence-electron chi connectivity index (χ2n) is 6.01. The van der Waals surface area contributed by atoms with Crippen LogP contribution in [0.5, 0.6) is 0 Å². The number of rotatable bonds is 2. The fourth-order valence-electron chi connectivity index (χ4n) is 1.66. The van der Waals surface area contributed by atoms with E-state index in [0.717, 1.165) is 12.8 Å². The minimum Gasteiger partial charge on any atom is -0.412 e. The van der Waals surface area contributed by atoms with Crippen molar-refractivity contribution in [1.82, 2.24) is 0 Å². The third kappa shape index (κ3) is 2.58. The summed E-state index contributed by atoms with van der Waals surface area (Å²) >= 11 is 0. The summed E-state index contributed by atoms with van der Waals surface area (Å²) in [6.45, 7) is 11.4. The highest BCUT2D eigenvalue weighted by Gasteiger charge is 2.41. The molecule has 1 fully saturated rings. The Morgan fingerprint density at radius 2 is 1.79 bits per heavy atom. The molecule has 0 aromatic carbocycles. The molecule has 2 N–H and O–H groups in total. The first kappa shape index (κ1) is 12.2. The summed E-state index contributed by atoms with van der Waals surface area (Å²) < 4.78 is 6.29. The highest BCUT2D eigenvalue weighted by Crippen LogP contribution is 2.39. The van der Waals surface area contributed by atoms with Crippen LogP contribution in [0.1, 0.15) is 40.0 Å². The third-order valence-corrected chi connectivity index (χ3v) is 8.26. The molecular weight excluding hydrogens is 190 g/mol. The van der Waals surface area contributed by atoms with E-state index in [4.69, 9.17) is 10.2 Å². The van der Waals surface area contributed by atoms with Gasteiger partial charge in [-0.1, -0.05) is 20.8 Å². The van der Waals surface area contributed by atoms with Gasteiger partial charge >= 0.3 is 0 Å². The number of hydrogen-bond acceptors (Lipinski definition) is 2. The van der Waals surface area contributed by atoms with Crippen LogP contribution >= 0.6 is 0 Å². The Hall–Kier alpha value is 0.137. The van der Waals surface area contributed by atoms with E-state index in [0.29, 0.717) is 11.1 Å². The molecule has 14 heavy (non-hydrogen) atoms. The fraction of sp³-hybridized carbons (Fsp3) is 1.00. The van der Waals surface area contributed by atoms with Gasteiger partial charge in [-0.25, -0.2) is 0 Å². The molecule has 0 bridgehead atoms. The third-order valence-electron chi connectivity index (χ3n) is 3.76. The van der Waals surface area contributed by atoms with Crippen LogP contribution in [0.4, 0.5) is 0 Å². The smallest absolute Gasteiger partial charge is 0.192 e. The molecule has 2 unspecified atom stereocenters. The lowest BCUT2D eigenvalue weighted by molar-refractivity contribution is 0.171. The molecule has 0 aromatic rings. The molecule has 84 valence electrons. The van der Waals surface area contributed by atoms with Gasteiger partial charge in [0, 0.05) is 6.04 Å². The van der Waals surface area contributed by atoms with Crippen LogP contribution in [0.2, 0.25) is 18.1 Å². The van der Waals surface area contributed by atoms with E-state index in [1.54, 1.807) is 0 Å². The zero-order valence-electron chi connectivity index (χ0n) is 10.3. The number of hydrogen-bond donors (Lipinski definition) is 1. The van der Waals surface area contributed by atoms with E-state index < -0.39 is 8.32 Å². The Morgan fingerprint density at radius 3 is 2.14 bits per heavy atom. The molecule has 1 saturated carbocycles. The average molecular weight is 215 g/mol. The van der Waals surface area contributed by atoms with Gasteiger partial charge in [0.25, 0.3) is 0 Å². The molecule has 0 aliphatic heterocycles. The van der Waals surface area contributed by atoms with Crippen molar-refractivity contribution in [3.05, 3.63) is 0 Å². The van der Waals surface area contributed by atoms with Crippen molar-refractivity contribution in [3.63, 3.8) is 0 Å². The summed E-state index contributed by atoms with van der Waals surface area (Å²) in [5.41, 5.74) is 6.03. The van der Waals surface area contributed by atoms with Gasteiger partial charge in [-0.05, 0) is 37.4 Å². The Labute approximate surface area is 89.3 Å². The quantitative estimate of drug-likeness (QED) is 0.719. The van der Waals surface area contributed by atoms with Gasteiger partial charge in [-0.15, -0.1) is 0 Å². The normalized spacial score (nSPS) is 29.6. The average Bonchev–Trinajstić information content (AvgIpc) is 2.33. The summed E-state index contributed by atoms with van der Waals surface area (Å²) in [7, 11) is -1.59. The summed E-state index contributed by atoms with van der Waals surface area (Å²) in [6.07, 6.45) is 3.86. The molecule has 2 atom stereocenters. The van der Waals surface area contributed by atoms with E-state index in [2.05, 4.69) is 33.9 Å². The van der Waals surface area contributed by atoms with Crippen LogP contribution < -0.4 is 5.73 Å². The van der Waals surface area contributed by atoms with Gasteiger partial charge < -0.3 is 10.2 Å². The van der Waals surface area contributed by atoms with Crippen LogP contribution in [0.3, 0.4) is 0 Å². The summed E-state index contributed by atoms with van der Waals surface area (Å²) in [5.74, 6) is 0. The zero-order chi connectivity index (χ0) is 11.0. The van der Waals surface area contributed by atoms with E-state index >= 15 is 0 Å². The van der Waals surface area contributed by atoms with Gasteiger partial charge in [-0.2, -0.15) is 0 Å². The van der Waals surface area contributed by atoms with Gasteiger partial charge in [0.1, 0.15) is 0 Å². The topological polar surface area (TPSA) is 35.2 Å². The van der Waals surface area contributed by atoms with Crippen molar-refractivity contribution < 1.29 is 4.43 Å². The molecule has 0 spiro atoms. The van der Waals surface area contributed by atoms with Crippen LogP contribution in [0, 0.1) is 0 Å². The molecule has 0 saturated heterocycles. The predicted molar refractivity (Wildman–Crippen MR) is 63.9 cm³/mol.